The van der Waals surface area contributed by atoms with E-state index in [0.717, 1.165) is 6.42 Å². The lowest BCUT2D eigenvalue weighted by Gasteiger charge is -2.21. The van der Waals surface area contributed by atoms with Crippen molar-refractivity contribution in [3.63, 3.8) is 0 Å². The van der Waals surface area contributed by atoms with Gasteiger partial charge in [0.15, 0.2) is 0 Å². The second-order valence-corrected chi connectivity index (χ2v) is 4.75. The van der Waals surface area contributed by atoms with Crippen molar-refractivity contribution in [3.8, 4) is 17.1 Å². The van der Waals surface area contributed by atoms with Crippen molar-refractivity contribution in [1.29, 1.82) is 0 Å². The van der Waals surface area contributed by atoms with Gasteiger partial charge in [-0.1, -0.05) is 12.1 Å². The van der Waals surface area contributed by atoms with E-state index < -0.39 is 11.8 Å². The Morgan fingerprint density at radius 2 is 2.25 bits per heavy atom. The number of hydrogen-bond acceptors (Lipinski definition) is 3. The number of aryl methyl sites for hydroxylation is 1. The Labute approximate surface area is 114 Å². The van der Waals surface area contributed by atoms with Crippen LogP contribution in [0.25, 0.3) is 11.3 Å². The van der Waals surface area contributed by atoms with Crippen molar-refractivity contribution in [2.24, 2.45) is 0 Å². The molecule has 2 aromatic rings. The number of carbonyl (C=O) groups is 1. The molecule has 0 spiro atoms. The standard InChI is InChI=1S/C14H13FN2O3/c1-8-6-7-17-13(20-8)11(14(18)19)12(16-17)9-4-2-3-5-10(9)15/h2-5,8H,6-7H2,1H3,(H,18,19)/t8-/m1/s1. The van der Waals surface area contributed by atoms with E-state index in [1.165, 1.54) is 16.8 Å². The van der Waals surface area contributed by atoms with Crippen LogP contribution in [-0.4, -0.2) is 27.0 Å². The number of carboxylic acid groups (broad SMARTS) is 1. The Kier molecular flexibility index (Phi) is 2.93. The monoisotopic (exact) mass is 276 g/mol. The van der Waals surface area contributed by atoms with Gasteiger partial charge < -0.3 is 9.84 Å². The Hall–Kier alpha value is -2.37. The number of rotatable bonds is 2. The highest BCUT2D eigenvalue weighted by Crippen LogP contribution is 2.34. The molecule has 1 N–H and O–H groups in total. The van der Waals surface area contributed by atoms with Crippen LogP contribution in [0.15, 0.2) is 24.3 Å². The van der Waals surface area contributed by atoms with Gasteiger partial charge in [0.2, 0.25) is 5.88 Å². The van der Waals surface area contributed by atoms with E-state index in [2.05, 4.69) is 5.10 Å². The van der Waals surface area contributed by atoms with E-state index in [-0.39, 0.29) is 28.8 Å². The van der Waals surface area contributed by atoms with Gasteiger partial charge in [0.1, 0.15) is 17.1 Å². The van der Waals surface area contributed by atoms with Gasteiger partial charge in [-0.3, -0.25) is 0 Å². The Balaban J connectivity index is 2.22. The number of hydrogen-bond donors (Lipinski definition) is 1. The molecule has 0 saturated carbocycles. The zero-order valence-electron chi connectivity index (χ0n) is 10.8. The molecule has 0 radical (unpaired) electrons. The highest BCUT2D eigenvalue weighted by atomic mass is 19.1. The summed E-state index contributed by atoms with van der Waals surface area (Å²) in [6.07, 6.45) is 0.663. The number of aromatic carboxylic acids is 1. The minimum atomic E-state index is -1.17. The molecule has 1 atom stereocenters. The first-order valence-electron chi connectivity index (χ1n) is 6.33. The molecule has 0 unspecified atom stereocenters. The normalized spacial score (nSPS) is 17.4. The van der Waals surface area contributed by atoms with E-state index in [4.69, 9.17) is 4.74 Å². The number of halogens is 1. The molecule has 2 heterocycles. The summed E-state index contributed by atoms with van der Waals surface area (Å²) in [7, 11) is 0. The number of ether oxygens (including phenoxy) is 1. The summed E-state index contributed by atoms with van der Waals surface area (Å²) in [4.78, 5) is 11.5. The number of fused-ring (bicyclic) bond motifs is 1. The van der Waals surface area contributed by atoms with Gasteiger partial charge in [-0.15, -0.1) is 0 Å². The summed E-state index contributed by atoms with van der Waals surface area (Å²) < 4.78 is 20.9. The average molecular weight is 276 g/mol. The van der Waals surface area contributed by atoms with Gasteiger partial charge in [0.25, 0.3) is 0 Å². The molecular weight excluding hydrogens is 263 g/mol. The van der Waals surface area contributed by atoms with Gasteiger partial charge in [-0.2, -0.15) is 5.10 Å². The molecular formula is C14H13FN2O3. The summed E-state index contributed by atoms with van der Waals surface area (Å²) >= 11 is 0. The Bertz CT molecular complexity index is 681. The summed E-state index contributed by atoms with van der Waals surface area (Å²) in [5.41, 5.74) is 0.199. The van der Waals surface area contributed by atoms with Crippen LogP contribution < -0.4 is 4.74 Å². The topological polar surface area (TPSA) is 64.4 Å². The van der Waals surface area contributed by atoms with Crippen molar-refractivity contribution >= 4 is 5.97 Å². The first-order chi connectivity index (χ1) is 9.58. The van der Waals surface area contributed by atoms with E-state index in [9.17, 15) is 14.3 Å². The lowest BCUT2D eigenvalue weighted by molar-refractivity contribution is 0.0684. The van der Waals surface area contributed by atoms with E-state index in [1.807, 2.05) is 6.92 Å². The fraction of sp³-hybridized carbons (Fsp3) is 0.286. The summed E-state index contributed by atoms with van der Waals surface area (Å²) in [5.74, 6) is -1.47. The van der Waals surface area contributed by atoms with Crippen LogP contribution in [0.1, 0.15) is 23.7 Å². The number of aromatic nitrogens is 2. The largest absolute Gasteiger partial charge is 0.477 e. The first kappa shape index (κ1) is 12.7. The van der Waals surface area contributed by atoms with Gasteiger partial charge in [0, 0.05) is 18.5 Å². The summed E-state index contributed by atoms with van der Waals surface area (Å²) in [5, 5.41) is 13.6. The number of nitrogens with zero attached hydrogens (tertiary/aromatic N) is 2. The van der Waals surface area contributed by atoms with Gasteiger partial charge in [-0.05, 0) is 19.1 Å². The Morgan fingerprint density at radius 1 is 1.50 bits per heavy atom. The second kappa shape index (κ2) is 4.63. The number of benzene rings is 1. The summed E-state index contributed by atoms with van der Waals surface area (Å²) in [6.45, 7) is 2.43. The molecule has 104 valence electrons. The predicted octanol–water partition coefficient (Wildman–Crippen LogP) is 2.56. The molecule has 1 aromatic carbocycles. The van der Waals surface area contributed by atoms with Crippen molar-refractivity contribution in [2.45, 2.75) is 26.0 Å². The zero-order valence-corrected chi connectivity index (χ0v) is 10.8. The first-order valence-corrected chi connectivity index (χ1v) is 6.33. The molecule has 6 heteroatoms. The maximum Gasteiger partial charge on any atom is 0.343 e. The third-order valence-corrected chi connectivity index (χ3v) is 3.31. The molecule has 0 bridgehead atoms. The maximum absolute atomic E-state index is 13.9. The zero-order chi connectivity index (χ0) is 14.3. The van der Waals surface area contributed by atoms with E-state index >= 15 is 0 Å². The van der Waals surface area contributed by atoms with E-state index in [1.54, 1.807) is 12.1 Å². The quantitative estimate of drug-likeness (QED) is 0.915. The Morgan fingerprint density at radius 3 is 2.95 bits per heavy atom. The molecule has 0 fully saturated rings. The third-order valence-electron chi connectivity index (χ3n) is 3.31. The van der Waals surface area contributed by atoms with Crippen LogP contribution >= 0.6 is 0 Å². The lowest BCUT2D eigenvalue weighted by atomic mass is 10.1. The fourth-order valence-corrected chi connectivity index (χ4v) is 2.31. The maximum atomic E-state index is 13.9. The van der Waals surface area contributed by atoms with Crippen LogP contribution in [0.4, 0.5) is 4.39 Å². The van der Waals surface area contributed by atoms with Crippen molar-refractivity contribution in [2.75, 3.05) is 0 Å². The fourth-order valence-electron chi connectivity index (χ4n) is 2.31. The molecule has 0 amide bonds. The van der Waals surface area contributed by atoms with Crippen LogP contribution in [0.2, 0.25) is 0 Å². The van der Waals surface area contributed by atoms with Crippen molar-refractivity contribution in [1.82, 2.24) is 9.78 Å². The molecule has 1 aliphatic heterocycles. The molecule has 0 aliphatic carbocycles. The van der Waals surface area contributed by atoms with Gasteiger partial charge in [0.05, 0.1) is 6.10 Å². The van der Waals surface area contributed by atoms with Crippen molar-refractivity contribution in [3.05, 3.63) is 35.6 Å². The van der Waals surface area contributed by atoms with E-state index in [0.29, 0.717) is 6.54 Å². The van der Waals surface area contributed by atoms with Crippen LogP contribution in [0.3, 0.4) is 0 Å². The van der Waals surface area contributed by atoms with Crippen molar-refractivity contribution < 1.29 is 19.0 Å². The van der Waals surface area contributed by atoms with Gasteiger partial charge >= 0.3 is 5.97 Å². The molecule has 3 rings (SSSR count). The summed E-state index contributed by atoms with van der Waals surface area (Å²) in [6, 6.07) is 5.99. The molecule has 5 nitrogen and oxygen atoms in total. The van der Waals surface area contributed by atoms with Gasteiger partial charge in [-0.25, -0.2) is 13.9 Å². The van der Waals surface area contributed by atoms with Crippen LogP contribution in [0.5, 0.6) is 5.88 Å². The highest BCUT2D eigenvalue weighted by Gasteiger charge is 2.30. The second-order valence-electron chi connectivity index (χ2n) is 4.75. The minimum Gasteiger partial charge on any atom is -0.477 e. The van der Waals surface area contributed by atoms with Crippen LogP contribution in [0, 0.1) is 5.82 Å². The molecule has 1 aliphatic rings. The SMILES string of the molecule is C[C@@H]1CCn2nc(-c3ccccc3F)c(C(=O)O)c2O1. The number of carboxylic acids is 1. The minimum absolute atomic E-state index is 0.0780. The highest BCUT2D eigenvalue weighted by molar-refractivity contribution is 5.97. The predicted molar refractivity (Wildman–Crippen MR) is 69.3 cm³/mol. The van der Waals surface area contributed by atoms with Crippen LogP contribution in [-0.2, 0) is 6.54 Å². The molecule has 0 saturated heterocycles. The lowest BCUT2D eigenvalue weighted by Crippen LogP contribution is -2.24. The molecule has 1 aromatic heterocycles. The third kappa shape index (κ3) is 1.93. The molecule has 20 heavy (non-hydrogen) atoms. The average Bonchev–Trinajstić information content (AvgIpc) is 2.77. The smallest absolute Gasteiger partial charge is 0.343 e.